The number of hydrogen-bond donors (Lipinski definition) is 0. The van der Waals surface area contributed by atoms with Crippen LogP contribution in [0.25, 0.3) is 0 Å². The van der Waals surface area contributed by atoms with E-state index < -0.39 is 0 Å². The smallest absolute Gasteiger partial charge is 0.0897 e. The Kier molecular flexibility index (Phi) is 4.97. The van der Waals surface area contributed by atoms with Crippen molar-refractivity contribution in [3.8, 4) is 0 Å². The molecule has 0 radical (unpaired) electrons. The third-order valence-electron chi connectivity index (χ3n) is 1.05. The first-order chi connectivity index (χ1) is 3.81. The van der Waals surface area contributed by atoms with Crippen molar-refractivity contribution in [2.45, 2.75) is 13.3 Å². The highest BCUT2D eigenvalue weighted by atomic mass is 19.1. The summed E-state index contributed by atoms with van der Waals surface area (Å²) in [5.74, 6) is 0.366. The lowest BCUT2D eigenvalue weighted by Gasteiger charge is -2.04. The van der Waals surface area contributed by atoms with Crippen LogP contribution in [-0.2, 0) is 4.74 Å². The molecule has 0 N–H and O–H groups in total. The topological polar surface area (TPSA) is 9.23 Å². The van der Waals surface area contributed by atoms with Crippen LogP contribution in [0.1, 0.15) is 13.3 Å². The molecule has 0 aliphatic carbocycles. The van der Waals surface area contributed by atoms with E-state index in [4.69, 9.17) is 4.74 Å². The molecular formula is C6H13FO. The summed E-state index contributed by atoms with van der Waals surface area (Å²) in [5.41, 5.74) is 0. The van der Waals surface area contributed by atoms with Crippen LogP contribution in [0.5, 0.6) is 0 Å². The summed E-state index contributed by atoms with van der Waals surface area (Å²) in [6, 6.07) is 0. The van der Waals surface area contributed by atoms with Crippen LogP contribution in [0.2, 0.25) is 0 Å². The lowest BCUT2D eigenvalue weighted by molar-refractivity contribution is 0.151. The molecule has 0 aromatic carbocycles. The van der Waals surface area contributed by atoms with Crippen molar-refractivity contribution in [3.63, 3.8) is 0 Å². The second-order valence-electron chi connectivity index (χ2n) is 2.04. The molecule has 0 aliphatic rings. The minimum atomic E-state index is -0.232. The molecule has 0 aromatic heterocycles. The van der Waals surface area contributed by atoms with Gasteiger partial charge in [0.05, 0.1) is 6.67 Å². The SMILES string of the molecule is COCC(C)CCF. The predicted octanol–water partition coefficient (Wildman–Crippen LogP) is 1.63. The molecule has 1 atom stereocenters. The highest BCUT2D eigenvalue weighted by Crippen LogP contribution is 2.00. The first-order valence-electron chi connectivity index (χ1n) is 2.86. The maximum atomic E-state index is 11.5. The Morgan fingerprint density at radius 1 is 1.62 bits per heavy atom. The minimum absolute atomic E-state index is 0.232. The molecule has 0 fully saturated rings. The fourth-order valence-electron chi connectivity index (χ4n) is 0.554. The summed E-state index contributed by atoms with van der Waals surface area (Å²) < 4.78 is 16.3. The van der Waals surface area contributed by atoms with E-state index in [2.05, 4.69) is 0 Å². The first-order valence-corrected chi connectivity index (χ1v) is 2.86. The Bertz CT molecular complexity index is 41.8. The first kappa shape index (κ1) is 7.89. The van der Waals surface area contributed by atoms with Gasteiger partial charge in [0.2, 0.25) is 0 Å². The van der Waals surface area contributed by atoms with Crippen molar-refractivity contribution >= 4 is 0 Å². The molecule has 0 saturated heterocycles. The van der Waals surface area contributed by atoms with Crippen LogP contribution in [0.3, 0.4) is 0 Å². The van der Waals surface area contributed by atoms with Crippen molar-refractivity contribution in [2.75, 3.05) is 20.4 Å². The van der Waals surface area contributed by atoms with E-state index in [9.17, 15) is 4.39 Å². The molecule has 0 aromatic rings. The van der Waals surface area contributed by atoms with E-state index in [-0.39, 0.29) is 6.67 Å². The van der Waals surface area contributed by atoms with Crippen LogP contribution in [0, 0.1) is 5.92 Å². The van der Waals surface area contributed by atoms with Crippen LogP contribution in [0.15, 0.2) is 0 Å². The van der Waals surface area contributed by atoms with Gasteiger partial charge in [0.1, 0.15) is 0 Å². The summed E-state index contributed by atoms with van der Waals surface area (Å²) in [5, 5.41) is 0. The molecule has 1 unspecified atom stereocenters. The third kappa shape index (κ3) is 4.06. The van der Waals surface area contributed by atoms with Gasteiger partial charge in [-0.1, -0.05) is 6.92 Å². The monoisotopic (exact) mass is 120 g/mol. The second-order valence-corrected chi connectivity index (χ2v) is 2.04. The molecule has 50 valence electrons. The highest BCUT2D eigenvalue weighted by molar-refractivity contribution is 4.47. The van der Waals surface area contributed by atoms with Gasteiger partial charge in [-0.25, -0.2) is 0 Å². The van der Waals surface area contributed by atoms with E-state index in [0.717, 1.165) is 0 Å². The molecule has 2 heteroatoms. The average Bonchev–Trinajstić information content (AvgIpc) is 1.68. The standard InChI is InChI=1S/C6H13FO/c1-6(3-4-7)5-8-2/h6H,3-5H2,1-2H3. The summed E-state index contributed by atoms with van der Waals surface area (Å²) in [7, 11) is 1.63. The lowest BCUT2D eigenvalue weighted by atomic mass is 10.1. The van der Waals surface area contributed by atoms with Crippen molar-refractivity contribution in [2.24, 2.45) is 5.92 Å². The number of methoxy groups -OCH3 is 1. The van der Waals surface area contributed by atoms with Crippen molar-refractivity contribution in [1.29, 1.82) is 0 Å². The zero-order valence-corrected chi connectivity index (χ0v) is 5.48. The Balaban J connectivity index is 2.92. The summed E-state index contributed by atoms with van der Waals surface area (Å²) in [4.78, 5) is 0. The third-order valence-corrected chi connectivity index (χ3v) is 1.05. The molecule has 0 saturated carbocycles. The zero-order chi connectivity index (χ0) is 6.41. The van der Waals surface area contributed by atoms with E-state index in [1.807, 2.05) is 6.92 Å². The van der Waals surface area contributed by atoms with Crippen molar-refractivity contribution in [1.82, 2.24) is 0 Å². The lowest BCUT2D eigenvalue weighted by Crippen LogP contribution is -2.03. The molecule has 8 heavy (non-hydrogen) atoms. The molecule has 0 spiro atoms. The second kappa shape index (κ2) is 5.04. The predicted molar refractivity (Wildman–Crippen MR) is 31.6 cm³/mol. The largest absolute Gasteiger partial charge is 0.384 e. The van der Waals surface area contributed by atoms with Crippen LogP contribution >= 0.6 is 0 Å². The average molecular weight is 120 g/mol. The minimum Gasteiger partial charge on any atom is -0.384 e. The van der Waals surface area contributed by atoms with Gasteiger partial charge in [-0.15, -0.1) is 0 Å². The van der Waals surface area contributed by atoms with Gasteiger partial charge in [-0.2, -0.15) is 0 Å². The Hall–Kier alpha value is -0.110. The molecule has 0 bridgehead atoms. The van der Waals surface area contributed by atoms with Crippen LogP contribution < -0.4 is 0 Å². The Morgan fingerprint density at radius 2 is 2.25 bits per heavy atom. The highest BCUT2D eigenvalue weighted by Gasteiger charge is 1.98. The van der Waals surface area contributed by atoms with Gasteiger partial charge in [-0.05, 0) is 12.3 Å². The van der Waals surface area contributed by atoms with Gasteiger partial charge in [0.15, 0.2) is 0 Å². The molecule has 0 amide bonds. The number of halogens is 1. The number of ether oxygens (including phenoxy) is 1. The molecule has 0 heterocycles. The van der Waals surface area contributed by atoms with Gasteiger partial charge in [-0.3, -0.25) is 4.39 Å². The van der Waals surface area contributed by atoms with Gasteiger partial charge in [0, 0.05) is 13.7 Å². The molecule has 0 rings (SSSR count). The van der Waals surface area contributed by atoms with Crippen LogP contribution in [0.4, 0.5) is 4.39 Å². The van der Waals surface area contributed by atoms with Gasteiger partial charge >= 0.3 is 0 Å². The summed E-state index contributed by atoms with van der Waals surface area (Å²) in [6.45, 7) is 2.41. The fourth-order valence-corrected chi connectivity index (χ4v) is 0.554. The molecule has 1 nitrogen and oxygen atoms in total. The number of rotatable bonds is 4. The number of hydrogen-bond acceptors (Lipinski definition) is 1. The van der Waals surface area contributed by atoms with Gasteiger partial charge in [0.25, 0.3) is 0 Å². The van der Waals surface area contributed by atoms with E-state index in [0.29, 0.717) is 18.9 Å². The molecular weight excluding hydrogens is 107 g/mol. The quantitative estimate of drug-likeness (QED) is 0.548. The van der Waals surface area contributed by atoms with Crippen molar-refractivity contribution < 1.29 is 9.13 Å². The summed E-state index contributed by atoms with van der Waals surface area (Å²) in [6.07, 6.45) is 0.619. The maximum Gasteiger partial charge on any atom is 0.0897 e. The fraction of sp³-hybridized carbons (Fsp3) is 1.00. The number of alkyl halides is 1. The van der Waals surface area contributed by atoms with E-state index >= 15 is 0 Å². The summed E-state index contributed by atoms with van der Waals surface area (Å²) >= 11 is 0. The van der Waals surface area contributed by atoms with E-state index in [1.54, 1.807) is 7.11 Å². The Morgan fingerprint density at radius 3 is 2.62 bits per heavy atom. The zero-order valence-electron chi connectivity index (χ0n) is 5.48. The molecule has 0 aliphatic heterocycles. The maximum absolute atomic E-state index is 11.5. The van der Waals surface area contributed by atoms with Crippen LogP contribution in [-0.4, -0.2) is 20.4 Å². The normalized spacial score (nSPS) is 13.9. The van der Waals surface area contributed by atoms with Gasteiger partial charge < -0.3 is 4.74 Å². The Labute approximate surface area is 49.8 Å². The van der Waals surface area contributed by atoms with E-state index in [1.165, 1.54) is 0 Å². The van der Waals surface area contributed by atoms with Crippen molar-refractivity contribution in [3.05, 3.63) is 0 Å².